The highest BCUT2D eigenvalue weighted by atomic mass is 32.3. The van der Waals surface area contributed by atoms with E-state index in [2.05, 4.69) is 37.0 Å². The van der Waals surface area contributed by atoms with Gasteiger partial charge in [-0.25, -0.2) is 0 Å². The van der Waals surface area contributed by atoms with Crippen LogP contribution in [0.5, 0.6) is 0 Å². The number of rotatable bonds is 4. The molecule has 0 heterocycles. The standard InChI is InChI=1S/C7H18N2.CH4O4S/c1-5-7(8)6(2)9(3)4;1-5-6(2,3)4/h6-7H,5,8H2,1-4H3;1H3,(H,2,3,4). The van der Waals surface area contributed by atoms with Crippen LogP contribution in [0.25, 0.3) is 0 Å². The Morgan fingerprint density at radius 2 is 1.80 bits per heavy atom. The minimum Gasteiger partial charge on any atom is -0.326 e. The molecule has 94 valence electrons. The van der Waals surface area contributed by atoms with E-state index in [9.17, 15) is 8.42 Å². The largest absolute Gasteiger partial charge is 0.397 e. The van der Waals surface area contributed by atoms with Gasteiger partial charge in [0.2, 0.25) is 0 Å². The predicted octanol–water partition coefficient (Wildman–Crippen LogP) is 0.109. The summed E-state index contributed by atoms with van der Waals surface area (Å²) in [4.78, 5) is 2.15. The zero-order valence-electron chi connectivity index (χ0n) is 9.97. The summed E-state index contributed by atoms with van der Waals surface area (Å²) in [5.41, 5.74) is 5.78. The van der Waals surface area contributed by atoms with Gasteiger partial charge in [-0.05, 0) is 27.4 Å². The Morgan fingerprint density at radius 1 is 1.47 bits per heavy atom. The van der Waals surface area contributed by atoms with Gasteiger partial charge in [-0.15, -0.1) is 0 Å². The fourth-order valence-corrected chi connectivity index (χ4v) is 0.724. The molecule has 0 aromatic heterocycles. The average molecular weight is 242 g/mol. The van der Waals surface area contributed by atoms with Crippen LogP contribution >= 0.6 is 0 Å². The molecule has 7 heteroatoms. The fraction of sp³-hybridized carbons (Fsp3) is 1.00. The number of nitrogens with two attached hydrogens (primary N) is 1. The van der Waals surface area contributed by atoms with Gasteiger partial charge in [0.25, 0.3) is 0 Å². The zero-order valence-corrected chi connectivity index (χ0v) is 10.8. The molecule has 0 spiro atoms. The SMILES string of the molecule is CCC(N)C(C)N(C)C.COS(=O)(=O)O. The van der Waals surface area contributed by atoms with E-state index in [1.165, 1.54) is 0 Å². The van der Waals surface area contributed by atoms with Crippen LogP contribution < -0.4 is 5.73 Å². The molecule has 0 radical (unpaired) electrons. The molecule has 2 unspecified atom stereocenters. The summed E-state index contributed by atoms with van der Waals surface area (Å²) in [6.07, 6.45) is 1.05. The second-order valence-electron chi connectivity index (χ2n) is 3.37. The van der Waals surface area contributed by atoms with Crippen molar-refractivity contribution in [3.8, 4) is 0 Å². The highest BCUT2D eigenvalue weighted by Crippen LogP contribution is 1.99. The predicted molar refractivity (Wildman–Crippen MR) is 60.0 cm³/mol. The smallest absolute Gasteiger partial charge is 0.326 e. The topological polar surface area (TPSA) is 92.9 Å². The van der Waals surface area contributed by atoms with Crippen LogP contribution in [0.2, 0.25) is 0 Å². The van der Waals surface area contributed by atoms with E-state index in [1.54, 1.807) is 0 Å². The van der Waals surface area contributed by atoms with E-state index >= 15 is 0 Å². The molecule has 2 atom stereocenters. The summed E-state index contributed by atoms with van der Waals surface area (Å²) in [6, 6.07) is 0.815. The minimum absolute atomic E-state index is 0.319. The van der Waals surface area contributed by atoms with Crippen LogP contribution in [0.3, 0.4) is 0 Å². The maximum absolute atomic E-state index is 9.33. The molecular weight excluding hydrogens is 220 g/mol. The van der Waals surface area contributed by atoms with Gasteiger partial charge in [0.05, 0.1) is 7.11 Å². The van der Waals surface area contributed by atoms with Crippen molar-refractivity contribution in [2.75, 3.05) is 21.2 Å². The molecule has 6 nitrogen and oxygen atoms in total. The van der Waals surface area contributed by atoms with E-state index in [4.69, 9.17) is 10.3 Å². The first-order chi connectivity index (χ1) is 6.65. The lowest BCUT2D eigenvalue weighted by atomic mass is 10.1. The minimum atomic E-state index is -4.16. The lowest BCUT2D eigenvalue weighted by Crippen LogP contribution is -2.41. The van der Waals surface area contributed by atoms with E-state index in [0.717, 1.165) is 13.5 Å². The zero-order chi connectivity index (χ0) is 12.6. The van der Waals surface area contributed by atoms with Gasteiger partial charge >= 0.3 is 10.4 Å². The Labute approximate surface area is 92.4 Å². The molecule has 0 aromatic carbocycles. The van der Waals surface area contributed by atoms with Gasteiger partial charge in [0.15, 0.2) is 0 Å². The van der Waals surface area contributed by atoms with Crippen molar-refractivity contribution in [1.29, 1.82) is 0 Å². The fourth-order valence-electron chi connectivity index (χ4n) is 0.724. The number of hydrogen-bond acceptors (Lipinski definition) is 5. The van der Waals surface area contributed by atoms with Gasteiger partial charge in [-0.2, -0.15) is 8.42 Å². The summed E-state index contributed by atoms with van der Waals surface area (Å²) in [6.45, 7) is 4.26. The van der Waals surface area contributed by atoms with Gasteiger partial charge in [-0.3, -0.25) is 8.74 Å². The van der Waals surface area contributed by atoms with Crippen molar-refractivity contribution in [2.24, 2.45) is 5.73 Å². The number of hydrogen-bond donors (Lipinski definition) is 2. The molecule has 0 fully saturated rings. The van der Waals surface area contributed by atoms with Crippen LogP contribution in [0.1, 0.15) is 20.3 Å². The van der Waals surface area contributed by atoms with Crippen LogP contribution in [0, 0.1) is 0 Å². The maximum Gasteiger partial charge on any atom is 0.397 e. The highest BCUT2D eigenvalue weighted by molar-refractivity contribution is 7.80. The van der Waals surface area contributed by atoms with Crippen LogP contribution in [-0.2, 0) is 14.6 Å². The Bertz CT molecular complexity index is 241. The third kappa shape index (κ3) is 11.7. The van der Waals surface area contributed by atoms with Crippen molar-refractivity contribution in [3.05, 3.63) is 0 Å². The van der Waals surface area contributed by atoms with Crippen LogP contribution in [0.15, 0.2) is 0 Å². The highest BCUT2D eigenvalue weighted by Gasteiger charge is 2.11. The van der Waals surface area contributed by atoms with E-state index < -0.39 is 10.4 Å². The molecule has 0 bridgehead atoms. The Balaban J connectivity index is 0. The average Bonchev–Trinajstić information content (AvgIpc) is 2.15. The first-order valence-corrected chi connectivity index (χ1v) is 5.97. The molecule has 15 heavy (non-hydrogen) atoms. The molecule has 0 aromatic rings. The molecule has 0 saturated heterocycles. The van der Waals surface area contributed by atoms with Crippen LogP contribution in [-0.4, -0.2) is 51.2 Å². The van der Waals surface area contributed by atoms with Crippen molar-refractivity contribution >= 4 is 10.4 Å². The third-order valence-electron chi connectivity index (χ3n) is 2.12. The van der Waals surface area contributed by atoms with Crippen molar-refractivity contribution in [3.63, 3.8) is 0 Å². The quantitative estimate of drug-likeness (QED) is 0.680. The molecule has 0 aliphatic carbocycles. The molecule has 0 aliphatic heterocycles. The molecule has 0 saturated carbocycles. The van der Waals surface area contributed by atoms with Gasteiger partial charge < -0.3 is 10.6 Å². The first kappa shape index (κ1) is 17.2. The van der Waals surface area contributed by atoms with Crippen molar-refractivity contribution < 1.29 is 17.2 Å². The summed E-state index contributed by atoms with van der Waals surface area (Å²) in [5, 5.41) is 0. The second-order valence-corrected chi connectivity index (χ2v) is 4.56. The Kier molecular flexibility index (Phi) is 9.17. The molecule has 0 aliphatic rings. The van der Waals surface area contributed by atoms with Gasteiger partial charge in [-0.1, -0.05) is 6.92 Å². The monoisotopic (exact) mass is 242 g/mol. The first-order valence-electron chi connectivity index (χ1n) is 4.60. The van der Waals surface area contributed by atoms with Gasteiger partial charge in [0, 0.05) is 12.1 Å². The number of likely N-dealkylation sites (N-methyl/N-ethyl adjacent to an activating group) is 1. The second kappa shape index (κ2) is 8.00. The normalized spacial score (nSPS) is 15.5. The Morgan fingerprint density at radius 3 is 1.87 bits per heavy atom. The molecule has 0 amide bonds. The van der Waals surface area contributed by atoms with E-state index in [0.29, 0.717) is 12.1 Å². The maximum atomic E-state index is 9.33. The Hall–Kier alpha value is -0.210. The van der Waals surface area contributed by atoms with E-state index in [1.807, 2.05) is 0 Å². The molecular formula is C8H22N2O4S. The van der Waals surface area contributed by atoms with Crippen molar-refractivity contribution in [1.82, 2.24) is 4.90 Å². The van der Waals surface area contributed by atoms with Gasteiger partial charge in [0.1, 0.15) is 0 Å². The summed E-state index contributed by atoms with van der Waals surface area (Å²) in [7, 11) is 0.820. The lowest BCUT2D eigenvalue weighted by molar-refractivity contribution is 0.268. The van der Waals surface area contributed by atoms with Crippen LogP contribution in [0.4, 0.5) is 0 Å². The number of nitrogens with zero attached hydrogens (tertiary/aromatic N) is 1. The molecule has 0 rings (SSSR count). The van der Waals surface area contributed by atoms with E-state index in [-0.39, 0.29) is 0 Å². The third-order valence-corrected chi connectivity index (χ3v) is 2.54. The summed E-state index contributed by atoms with van der Waals surface area (Å²) in [5.74, 6) is 0. The molecule has 3 N–H and O–H groups in total. The summed E-state index contributed by atoms with van der Waals surface area (Å²) >= 11 is 0. The summed E-state index contributed by atoms with van der Waals surface area (Å²) < 4.78 is 29.7. The van der Waals surface area contributed by atoms with Crippen molar-refractivity contribution in [2.45, 2.75) is 32.4 Å². The lowest BCUT2D eigenvalue weighted by Gasteiger charge is -2.24.